The highest BCUT2D eigenvalue weighted by Gasteiger charge is 2.32. The zero-order valence-corrected chi connectivity index (χ0v) is 14.1. The van der Waals surface area contributed by atoms with Gasteiger partial charge in [-0.25, -0.2) is 15.2 Å². The van der Waals surface area contributed by atoms with Crippen LogP contribution >= 0.6 is 11.6 Å². The average molecular weight is 427 g/mol. The predicted octanol–water partition coefficient (Wildman–Crippen LogP) is 4.24. The molecule has 0 bridgehead atoms. The van der Waals surface area contributed by atoms with Crippen molar-refractivity contribution in [3.63, 3.8) is 0 Å². The molecule has 0 unspecified atom stereocenters. The molecule has 1 aromatic carbocycles. The fourth-order valence-electron chi connectivity index (χ4n) is 1.82. The first-order chi connectivity index (χ1) is 12.9. The number of imide groups is 1. The minimum absolute atomic E-state index is 0.228. The van der Waals surface area contributed by atoms with E-state index in [2.05, 4.69) is 10.4 Å². The number of hydrazine groups is 1. The molecule has 3 N–H and O–H groups in total. The molecular weight excluding hydrogens is 418 g/mol. The number of rotatable bonds is 3. The number of aromatic nitrogens is 1. The fourth-order valence-corrected chi connectivity index (χ4v) is 2.03. The quantitative estimate of drug-likeness (QED) is 0.506. The number of anilines is 1. The van der Waals surface area contributed by atoms with Gasteiger partial charge in [-0.15, -0.1) is 0 Å². The number of carbonyl (C=O) groups excluding carboxylic acids is 2. The van der Waals surface area contributed by atoms with Gasteiger partial charge in [0.25, 0.3) is 5.91 Å². The molecule has 0 aliphatic heterocycles. The number of benzene rings is 1. The monoisotopic (exact) mass is 426 g/mol. The maximum atomic E-state index is 12.5. The van der Waals surface area contributed by atoms with Gasteiger partial charge in [-0.1, -0.05) is 11.6 Å². The first-order valence-corrected chi connectivity index (χ1v) is 7.53. The summed E-state index contributed by atoms with van der Waals surface area (Å²) >= 11 is 5.62. The van der Waals surface area contributed by atoms with E-state index < -0.39 is 40.4 Å². The second-order valence-corrected chi connectivity index (χ2v) is 5.57. The molecule has 0 radical (unpaired) electrons. The highest BCUT2D eigenvalue weighted by molar-refractivity contribution is 6.33. The van der Waals surface area contributed by atoms with Gasteiger partial charge in [0, 0.05) is 11.8 Å². The molecule has 28 heavy (non-hydrogen) atoms. The summed E-state index contributed by atoms with van der Waals surface area (Å²) in [4.78, 5) is 26.8. The van der Waals surface area contributed by atoms with Crippen molar-refractivity contribution in [2.75, 3.05) is 5.43 Å². The fraction of sp³-hybridized carbons (Fsp3) is 0.133. The lowest BCUT2D eigenvalue weighted by molar-refractivity contribution is -0.138. The summed E-state index contributed by atoms with van der Waals surface area (Å²) in [5, 5.41) is 1.34. The van der Waals surface area contributed by atoms with Gasteiger partial charge in [0.15, 0.2) is 5.82 Å². The number of halogens is 7. The van der Waals surface area contributed by atoms with Gasteiger partial charge in [0.1, 0.15) is 0 Å². The van der Waals surface area contributed by atoms with Crippen molar-refractivity contribution in [2.45, 2.75) is 12.4 Å². The Bertz CT molecular complexity index is 884. The van der Waals surface area contributed by atoms with Crippen LogP contribution in [-0.2, 0) is 12.4 Å². The maximum absolute atomic E-state index is 12.5. The summed E-state index contributed by atoms with van der Waals surface area (Å²) in [6, 6.07) is 2.49. The number of alkyl halides is 6. The second kappa shape index (κ2) is 7.92. The van der Waals surface area contributed by atoms with E-state index in [0.29, 0.717) is 24.4 Å². The zero-order chi connectivity index (χ0) is 21.1. The minimum atomic E-state index is -4.66. The number of urea groups is 1. The molecule has 1 heterocycles. The van der Waals surface area contributed by atoms with Crippen molar-refractivity contribution >= 4 is 29.4 Å². The zero-order valence-electron chi connectivity index (χ0n) is 13.4. The third-order valence-corrected chi connectivity index (χ3v) is 3.45. The van der Waals surface area contributed by atoms with Gasteiger partial charge in [0.05, 0.1) is 16.1 Å². The summed E-state index contributed by atoms with van der Waals surface area (Å²) < 4.78 is 74.9. The first-order valence-electron chi connectivity index (χ1n) is 7.15. The Morgan fingerprint density at radius 3 is 2.00 bits per heavy atom. The van der Waals surface area contributed by atoms with E-state index in [1.807, 2.05) is 5.43 Å². The summed E-state index contributed by atoms with van der Waals surface area (Å²) in [5.74, 6) is -1.34. The number of amides is 3. The molecule has 0 spiro atoms. The van der Waals surface area contributed by atoms with E-state index in [0.717, 1.165) is 12.1 Å². The van der Waals surface area contributed by atoms with E-state index in [1.54, 1.807) is 5.32 Å². The molecule has 0 fully saturated rings. The Morgan fingerprint density at radius 2 is 1.50 bits per heavy atom. The molecule has 6 nitrogen and oxygen atoms in total. The largest absolute Gasteiger partial charge is 0.417 e. The molecular formula is C15H9ClF6N4O2. The molecule has 0 atom stereocenters. The number of hydrogen-bond donors (Lipinski definition) is 3. The molecule has 150 valence electrons. The maximum Gasteiger partial charge on any atom is 0.417 e. The molecule has 0 saturated heterocycles. The number of nitrogens with one attached hydrogen (secondary N) is 3. The lowest BCUT2D eigenvalue weighted by atomic mass is 10.1. The number of hydrogen-bond acceptors (Lipinski definition) is 4. The van der Waals surface area contributed by atoms with Gasteiger partial charge >= 0.3 is 18.4 Å². The average Bonchev–Trinajstić information content (AvgIpc) is 2.59. The van der Waals surface area contributed by atoms with Crippen LogP contribution in [0.5, 0.6) is 0 Å². The minimum Gasteiger partial charge on any atom is -0.279 e. The highest BCUT2D eigenvalue weighted by atomic mass is 35.5. The molecule has 1 aromatic heterocycles. The summed E-state index contributed by atoms with van der Waals surface area (Å²) in [6.45, 7) is 0. The van der Waals surface area contributed by atoms with Gasteiger partial charge in [-0.05, 0) is 30.3 Å². The molecule has 13 heteroatoms. The van der Waals surface area contributed by atoms with Gasteiger partial charge < -0.3 is 0 Å². The Labute approximate surface area is 157 Å². The Morgan fingerprint density at radius 1 is 0.929 bits per heavy atom. The molecule has 3 amide bonds. The number of carbonyl (C=O) groups is 2. The van der Waals surface area contributed by atoms with Gasteiger partial charge in [0.2, 0.25) is 0 Å². The number of pyridine rings is 1. The van der Waals surface area contributed by atoms with E-state index in [-0.39, 0.29) is 11.4 Å². The second-order valence-electron chi connectivity index (χ2n) is 5.16. The van der Waals surface area contributed by atoms with Crippen LogP contribution in [0.2, 0.25) is 5.02 Å². The molecule has 0 aliphatic rings. The van der Waals surface area contributed by atoms with Crippen molar-refractivity contribution in [1.82, 2.24) is 15.7 Å². The third-order valence-electron chi connectivity index (χ3n) is 3.16. The van der Waals surface area contributed by atoms with Crippen LogP contribution in [0.1, 0.15) is 21.5 Å². The lowest BCUT2D eigenvalue weighted by Gasteiger charge is -2.12. The van der Waals surface area contributed by atoms with Crippen LogP contribution < -0.4 is 16.2 Å². The summed E-state index contributed by atoms with van der Waals surface area (Å²) in [7, 11) is 0. The lowest BCUT2D eigenvalue weighted by Crippen LogP contribution is -2.42. The van der Waals surface area contributed by atoms with Crippen molar-refractivity contribution in [2.24, 2.45) is 0 Å². The topological polar surface area (TPSA) is 83.1 Å². The van der Waals surface area contributed by atoms with Crippen molar-refractivity contribution in [3.8, 4) is 0 Å². The van der Waals surface area contributed by atoms with Gasteiger partial charge in [-0.3, -0.25) is 15.5 Å². The normalized spacial score (nSPS) is 11.7. The van der Waals surface area contributed by atoms with E-state index in [1.165, 1.54) is 0 Å². The van der Waals surface area contributed by atoms with E-state index >= 15 is 0 Å². The Kier molecular flexibility index (Phi) is 6.02. The number of nitrogens with zero attached hydrogens (tertiary/aromatic N) is 1. The third kappa shape index (κ3) is 5.49. The summed E-state index contributed by atoms with van der Waals surface area (Å²) in [6.07, 6.45) is -8.76. The molecule has 2 rings (SSSR count). The Hall–Kier alpha value is -3.02. The molecule has 0 saturated carbocycles. The van der Waals surface area contributed by atoms with Crippen LogP contribution in [0.3, 0.4) is 0 Å². The van der Waals surface area contributed by atoms with E-state index in [4.69, 9.17) is 11.6 Å². The van der Waals surface area contributed by atoms with Gasteiger partial charge in [-0.2, -0.15) is 26.3 Å². The summed E-state index contributed by atoms with van der Waals surface area (Å²) in [5.41, 5.74) is 1.70. The van der Waals surface area contributed by atoms with Crippen LogP contribution in [-0.4, -0.2) is 16.9 Å². The first kappa shape index (κ1) is 21.3. The standard InChI is InChI=1S/C15H9ClF6N4O2/c16-10-5-9(15(20,21)22)6-23-11(10)25-26-13(28)24-12(27)7-1-3-8(4-2-7)14(17,18)19/h1-6H,(H,23,25)(H2,24,26,27,28). The van der Waals surface area contributed by atoms with Crippen LogP contribution in [0.4, 0.5) is 37.0 Å². The molecule has 0 aliphatic carbocycles. The Balaban J connectivity index is 1.94. The smallest absolute Gasteiger partial charge is 0.279 e. The highest BCUT2D eigenvalue weighted by Crippen LogP contribution is 2.32. The van der Waals surface area contributed by atoms with Crippen LogP contribution in [0.15, 0.2) is 36.5 Å². The van der Waals surface area contributed by atoms with E-state index in [9.17, 15) is 35.9 Å². The van der Waals surface area contributed by atoms with Crippen molar-refractivity contribution in [3.05, 3.63) is 58.2 Å². The molecule has 2 aromatic rings. The van der Waals surface area contributed by atoms with Crippen LogP contribution in [0.25, 0.3) is 0 Å². The van der Waals surface area contributed by atoms with Crippen molar-refractivity contribution in [1.29, 1.82) is 0 Å². The van der Waals surface area contributed by atoms with Crippen LogP contribution in [0, 0.1) is 0 Å². The predicted molar refractivity (Wildman–Crippen MR) is 85.3 cm³/mol. The SMILES string of the molecule is O=C(NNc1ncc(C(F)(F)F)cc1Cl)NC(=O)c1ccc(C(F)(F)F)cc1. The van der Waals surface area contributed by atoms with Crippen molar-refractivity contribution < 1.29 is 35.9 Å².